The van der Waals surface area contributed by atoms with E-state index in [0.717, 1.165) is 16.0 Å². The highest BCUT2D eigenvalue weighted by Gasteiger charge is 2.10. The second-order valence-corrected chi connectivity index (χ2v) is 5.08. The molecule has 0 spiro atoms. The monoisotopic (exact) mass is 322 g/mol. The van der Waals surface area contributed by atoms with E-state index in [2.05, 4.69) is 20.9 Å². The molecule has 1 aromatic carbocycles. The van der Waals surface area contributed by atoms with Crippen LogP contribution in [-0.4, -0.2) is 22.4 Å². The number of aromatic nitrogens is 2. The van der Waals surface area contributed by atoms with Crippen molar-refractivity contribution in [3.05, 3.63) is 46.5 Å². The van der Waals surface area contributed by atoms with Crippen LogP contribution in [-0.2, 0) is 13.5 Å². The van der Waals surface area contributed by atoms with Crippen LogP contribution in [0.25, 0.3) is 0 Å². The van der Waals surface area contributed by atoms with Crippen molar-refractivity contribution >= 4 is 21.7 Å². The van der Waals surface area contributed by atoms with Crippen molar-refractivity contribution in [1.29, 1.82) is 0 Å². The minimum Gasteiger partial charge on any atom is -0.496 e. The molecule has 0 aliphatic rings. The van der Waals surface area contributed by atoms with Crippen LogP contribution in [0.5, 0.6) is 5.75 Å². The summed E-state index contributed by atoms with van der Waals surface area (Å²) in [6.45, 7) is 0. The van der Waals surface area contributed by atoms with Crippen LogP contribution in [0, 0.1) is 0 Å². The van der Waals surface area contributed by atoms with Gasteiger partial charge in [-0.05, 0) is 34.1 Å². The maximum atomic E-state index is 12.1. The molecular weight excluding hydrogens is 308 g/mol. The number of carbonyl (C=O) groups excluding carboxylic acids is 1. The molecule has 0 atom stereocenters. The molecule has 0 saturated heterocycles. The van der Waals surface area contributed by atoms with E-state index in [4.69, 9.17) is 4.74 Å². The van der Waals surface area contributed by atoms with Gasteiger partial charge in [0.05, 0.1) is 11.6 Å². The van der Waals surface area contributed by atoms with E-state index in [-0.39, 0.29) is 5.78 Å². The topological polar surface area (TPSA) is 44.1 Å². The molecule has 100 valence electrons. The van der Waals surface area contributed by atoms with Crippen molar-refractivity contribution in [2.24, 2.45) is 7.05 Å². The summed E-state index contributed by atoms with van der Waals surface area (Å²) in [5, 5.41) is 0. The second kappa shape index (κ2) is 6.02. The lowest BCUT2D eigenvalue weighted by Gasteiger charge is -2.06. The van der Waals surface area contributed by atoms with Gasteiger partial charge in [0.25, 0.3) is 0 Å². The number of methoxy groups -OCH3 is 1. The lowest BCUT2D eigenvalue weighted by atomic mass is 10.1. The molecule has 0 radical (unpaired) electrons. The zero-order valence-corrected chi connectivity index (χ0v) is 12.5. The molecule has 19 heavy (non-hydrogen) atoms. The van der Waals surface area contributed by atoms with E-state index in [1.807, 2.05) is 17.8 Å². The predicted octanol–water partition coefficient (Wildman–Crippen LogP) is 3.01. The first-order valence-electron chi connectivity index (χ1n) is 5.94. The summed E-state index contributed by atoms with van der Waals surface area (Å²) in [5.74, 6) is 1.74. The Balaban J connectivity index is 2.04. The lowest BCUT2D eigenvalue weighted by molar-refractivity contribution is 0.0982. The number of aryl methyl sites for hydroxylation is 2. The first-order chi connectivity index (χ1) is 9.11. The third-order valence-corrected chi connectivity index (χ3v) is 3.59. The van der Waals surface area contributed by atoms with Gasteiger partial charge < -0.3 is 9.30 Å². The number of carbonyl (C=O) groups is 1. The van der Waals surface area contributed by atoms with Crippen LogP contribution >= 0.6 is 15.9 Å². The lowest BCUT2D eigenvalue weighted by Crippen LogP contribution is -2.05. The van der Waals surface area contributed by atoms with E-state index in [0.29, 0.717) is 18.4 Å². The van der Waals surface area contributed by atoms with E-state index in [9.17, 15) is 4.79 Å². The maximum Gasteiger partial charge on any atom is 0.163 e. The Morgan fingerprint density at radius 3 is 2.84 bits per heavy atom. The number of Topliss-reactive ketones (excluding diaryl/α,β-unsaturated/α-hetero) is 1. The zero-order chi connectivity index (χ0) is 13.8. The zero-order valence-electron chi connectivity index (χ0n) is 10.9. The highest BCUT2D eigenvalue weighted by atomic mass is 79.9. The molecule has 2 rings (SSSR count). The van der Waals surface area contributed by atoms with Gasteiger partial charge in [0.2, 0.25) is 0 Å². The smallest absolute Gasteiger partial charge is 0.163 e. The van der Waals surface area contributed by atoms with Gasteiger partial charge in [-0.15, -0.1) is 0 Å². The summed E-state index contributed by atoms with van der Waals surface area (Å²) in [7, 11) is 3.53. The number of halogens is 1. The molecule has 2 aromatic rings. The van der Waals surface area contributed by atoms with Crippen LogP contribution in [0.2, 0.25) is 0 Å². The first-order valence-corrected chi connectivity index (χ1v) is 6.74. The first kappa shape index (κ1) is 13.8. The predicted molar refractivity (Wildman–Crippen MR) is 76.6 cm³/mol. The normalized spacial score (nSPS) is 10.5. The van der Waals surface area contributed by atoms with Crippen LogP contribution < -0.4 is 4.74 Å². The molecule has 1 heterocycles. The fourth-order valence-electron chi connectivity index (χ4n) is 1.85. The summed E-state index contributed by atoms with van der Waals surface area (Å²) in [6, 6.07) is 5.36. The molecule has 5 heteroatoms. The van der Waals surface area contributed by atoms with Crippen molar-refractivity contribution < 1.29 is 9.53 Å². The van der Waals surface area contributed by atoms with E-state index in [1.165, 1.54) is 0 Å². The van der Waals surface area contributed by atoms with Gasteiger partial charge in [-0.3, -0.25) is 4.79 Å². The highest BCUT2D eigenvalue weighted by Crippen LogP contribution is 2.26. The van der Waals surface area contributed by atoms with E-state index < -0.39 is 0 Å². The number of hydrogen-bond donors (Lipinski definition) is 0. The molecule has 0 fully saturated rings. The van der Waals surface area contributed by atoms with Crippen LogP contribution in [0.4, 0.5) is 0 Å². The number of ketones is 1. The Kier molecular flexibility index (Phi) is 4.37. The molecule has 0 aliphatic heterocycles. The molecular formula is C14H15BrN2O2. The van der Waals surface area contributed by atoms with Crippen molar-refractivity contribution in [1.82, 2.24) is 9.55 Å². The van der Waals surface area contributed by atoms with Gasteiger partial charge in [-0.25, -0.2) is 4.98 Å². The third kappa shape index (κ3) is 3.23. The summed E-state index contributed by atoms with van der Waals surface area (Å²) in [5.41, 5.74) is 0.682. The van der Waals surface area contributed by atoms with Gasteiger partial charge in [0, 0.05) is 37.8 Å². The van der Waals surface area contributed by atoms with E-state index in [1.54, 1.807) is 31.5 Å². The molecule has 0 bridgehead atoms. The molecule has 4 nitrogen and oxygen atoms in total. The number of benzene rings is 1. The van der Waals surface area contributed by atoms with Crippen LogP contribution in [0.1, 0.15) is 22.6 Å². The summed E-state index contributed by atoms with van der Waals surface area (Å²) >= 11 is 3.38. The summed E-state index contributed by atoms with van der Waals surface area (Å²) in [4.78, 5) is 16.3. The Morgan fingerprint density at radius 1 is 1.47 bits per heavy atom. The summed E-state index contributed by atoms with van der Waals surface area (Å²) < 4.78 is 7.86. The van der Waals surface area contributed by atoms with E-state index >= 15 is 0 Å². The van der Waals surface area contributed by atoms with Crippen LogP contribution in [0.3, 0.4) is 0 Å². The number of nitrogens with zero attached hydrogens (tertiary/aromatic N) is 2. The summed E-state index contributed by atoms with van der Waals surface area (Å²) in [6.07, 6.45) is 4.71. The molecule has 0 amide bonds. The van der Waals surface area contributed by atoms with Gasteiger partial charge in [-0.2, -0.15) is 0 Å². The van der Waals surface area contributed by atoms with Gasteiger partial charge >= 0.3 is 0 Å². The molecule has 0 aliphatic carbocycles. The Bertz CT molecular complexity index is 593. The SMILES string of the molecule is COc1ccc(C(=O)CCc2nccn2C)cc1Br. The van der Waals surface area contributed by atoms with Crippen molar-refractivity contribution in [2.75, 3.05) is 7.11 Å². The van der Waals surface area contributed by atoms with Crippen molar-refractivity contribution in [2.45, 2.75) is 12.8 Å². The third-order valence-electron chi connectivity index (χ3n) is 2.97. The van der Waals surface area contributed by atoms with Gasteiger partial charge in [0.1, 0.15) is 11.6 Å². The fraction of sp³-hybridized carbons (Fsp3) is 0.286. The molecule has 0 unspecified atom stereocenters. The number of hydrogen-bond acceptors (Lipinski definition) is 3. The van der Waals surface area contributed by atoms with Crippen molar-refractivity contribution in [3.8, 4) is 5.75 Å². The van der Waals surface area contributed by atoms with Crippen molar-refractivity contribution in [3.63, 3.8) is 0 Å². The minimum atomic E-state index is 0.103. The number of imidazole rings is 1. The van der Waals surface area contributed by atoms with Gasteiger partial charge in [-0.1, -0.05) is 0 Å². The molecule has 1 aromatic heterocycles. The van der Waals surface area contributed by atoms with Gasteiger partial charge in [0.15, 0.2) is 5.78 Å². The molecule has 0 N–H and O–H groups in total. The quantitative estimate of drug-likeness (QED) is 0.795. The Labute approximate surface area is 120 Å². The molecule has 0 saturated carbocycles. The Hall–Kier alpha value is -1.62. The average molecular weight is 323 g/mol. The average Bonchev–Trinajstić information content (AvgIpc) is 2.81. The largest absolute Gasteiger partial charge is 0.496 e. The number of ether oxygens (including phenoxy) is 1. The number of rotatable bonds is 5. The minimum absolute atomic E-state index is 0.103. The standard InChI is InChI=1S/C14H15BrN2O2/c1-17-8-7-16-14(17)6-4-12(18)10-3-5-13(19-2)11(15)9-10/h3,5,7-9H,4,6H2,1-2H3. The van der Waals surface area contributed by atoms with Crippen LogP contribution in [0.15, 0.2) is 35.1 Å². The fourth-order valence-corrected chi connectivity index (χ4v) is 2.39. The maximum absolute atomic E-state index is 12.1. The second-order valence-electron chi connectivity index (χ2n) is 4.23. The highest BCUT2D eigenvalue weighted by molar-refractivity contribution is 9.10. The Morgan fingerprint density at radius 2 is 2.26 bits per heavy atom.